The van der Waals surface area contributed by atoms with Gasteiger partial charge >= 0.3 is 0 Å². The number of fused-ring (bicyclic) bond motifs is 1. The van der Waals surface area contributed by atoms with Crippen LogP contribution < -0.4 is 0 Å². The average Bonchev–Trinajstić information content (AvgIpc) is 2.58. The summed E-state index contributed by atoms with van der Waals surface area (Å²) in [5.74, 6) is 0.124. The monoisotopic (exact) mass is 328 g/mol. The van der Waals surface area contributed by atoms with Gasteiger partial charge in [-0.05, 0) is 56.3 Å². The van der Waals surface area contributed by atoms with Crippen molar-refractivity contribution < 1.29 is 4.79 Å². The van der Waals surface area contributed by atoms with Crippen molar-refractivity contribution in [2.24, 2.45) is 0 Å². The summed E-state index contributed by atoms with van der Waals surface area (Å²) in [4.78, 5) is 17.1. The Hall–Kier alpha value is -1.61. The number of benzene rings is 1. The molecule has 0 aliphatic heterocycles. The van der Waals surface area contributed by atoms with Gasteiger partial charge in [0.05, 0.1) is 0 Å². The van der Waals surface area contributed by atoms with Crippen LogP contribution in [0.2, 0.25) is 0 Å². The van der Waals surface area contributed by atoms with Gasteiger partial charge in [-0.15, -0.1) is 0 Å². The molecule has 0 heterocycles. The summed E-state index contributed by atoms with van der Waals surface area (Å²) in [6, 6.07) is 6.80. The normalized spacial score (nSPS) is 17.3. The Morgan fingerprint density at radius 2 is 1.92 bits per heavy atom. The highest BCUT2D eigenvalue weighted by molar-refractivity contribution is 6.05. The van der Waals surface area contributed by atoms with Crippen LogP contribution in [0.3, 0.4) is 0 Å². The van der Waals surface area contributed by atoms with Crippen molar-refractivity contribution in [1.82, 2.24) is 9.80 Å². The number of carbonyl (C=O) groups is 1. The Balaban J connectivity index is 2.24. The van der Waals surface area contributed by atoms with E-state index in [1.54, 1.807) is 6.08 Å². The fourth-order valence-corrected chi connectivity index (χ4v) is 3.67. The van der Waals surface area contributed by atoms with Crippen LogP contribution in [0.25, 0.3) is 0 Å². The van der Waals surface area contributed by atoms with Gasteiger partial charge in [0, 0.05) is 38.0 Å². The number of ketones is 1. The lowest BCUT2D eigenvalue weighted by molar-refractivity contribution is 0.104. The van der Waals surface area contributed by atoms with Gasteiger partial charge in [-0.2, -0.15) is 0 Å². The first kappa shape index (κ1) is 18.7. The van der Waals surface area contributed by atoms with E-state index in [1.807, 2.05) is 37.3 Å². The Labute approximate surface area is 147 Å². The van der Waals surface area contributed by atoms with Crippen molar-refractivity contribution in [2.45, 2.75) is 52.0 Å². The molecule has 0 fully saturated rings. The first-order valence-corrected chi connectivity index (χ1v) is 9.30. The highest BCUT2D eigenvalue weighted by atomic mass is 16.1. The predicted molar refractivity (Wildman–Crippen MR) is 102 cm³/mol. The van der Waals surface area contributed by atoms with Gasteiger partial charge in [0.2, 0.25) is 0 Å². The molecule has 0 radical (unpaired) electrons. The molecule has 0 bridgehead atoms. The highest BCUT2D eigenvalue weighted by Crippen LogP contribution is 2.28. The Morgan fingerprint density at radius 3 is 2.54 bits per heavy atom. The summed E-state index contributed by atoms with van der Waals surface area (Å²) < 4.78 is 0. The zero-order valence-corrected chi connectivity index (χ0v) is 15.7. The molecule has 1 atom stereocenters. The minimum absolute atomic E-state index is 0.124. The van der Waals surface area contributed by atoms with Gasteiger partial charge in [0.1, 0.15) is 0 Å². The molecule has 1 aliphatic carbocycles. The van der Waals surface area contributed by atoms with Crippen LogP contribution in [-0.4, -0.2) is 48.8 Å². The number of hydrogen-bond acceptors (Lipinski definition) is 3. The van der Waals surface area contributed by atoms with Crippen LogP contribution in [0, 0.1) is 0 Å². The van der Waals surface area contributed by atoms with Gasteiger partial charge in [0.15, 0.2) is 5.78 Å². The van der Waals surface area contributed by atoms with Gasteiger partial charge in [-0.3, -0.25) is 4.79 Å². The smallest absolute Gasteiger partial charge is 0.187 e. The third-order valence-corrected chi connectivity index (χ3v) is 4.79. The second kappa shape index (κ2) is 9.03. The molecule has 1 unspecified atom stereocenters. The zero-order chi connectivity index (χ0) is 17.5. The van der Waals surface area contributed by atoms with Crippen LogP contribution in [0.1, 0.15) is 54.6 Å². The molecule has 0 aromatic heterocycles. The third kappa shape index (κ3) is 4.70. The lowest BCUT2D eigenvalue weighted by atomic mass is 9.83. The van der Waals surface area contributed by atoms with Crippen LogP contribution in [-0.2, 0) is 12.8 Å². The summed E-state index contributed by atoms with van der Waals surface area (Å²) >= 11 is 0. The number of aryl methyl sites for hydroxylation is 1. The molecule has 0 amide bonds. The van der Waals surface area contributed by atoms with Gasteiger partial charge in [0.25, 0.3) is 0 Å². The third-order valence-electron chi connectivity index (χ3n) is 4.79. The van der Waals surface area contributed by atoms with E-state index in [0.717, 1.165) is 31.5 Å². The van der Waals surface area contributed by atoms with Crippen molar-refractivity contribution in [3.05, 3.63) is 47.2 Å². The molecule has 0 saturated carbocycles. The second-order valence-corrected chi connectivity index (χ2v) is 7.02. The molecule has 0 spiro atoms. The first-order valence-electron chi connectivity index (χ1n) is 9.30. The summed E-state index contributed by atoms with van der Waals surface area (Å²) in [6.45, 7) is 6.82. The van der Waals surface area contributed by atoms with E-state index in [0.29, 0.717) is 6.04 Å². The lowest BCUT2D eigenvalue weighted by Gasteiger charge is -2.35. The Bertz CT molecular complexity index is 571. The number of hydrogen-bond donors (Lipinski definition) is 0. The molecule has 1 aliphatic rings. The SMILES string of the molecule is CCCN(CCC)C1CCc2cccc(C(=O)C=CN(C)C)c2C1. The topological polar surface area (TPSA) is 23.6 Å². The van der Waals surface area contributed by atoms with Crippen molar-refractivity contribution in [3.63, 3.8) is 0 Å². The van der Waals surface area contributed by atoms with Gasteiger partial charge in [-0.1, -0.05) is 32.0 Å². The maximum Gasteiger partial charge on any atom is 0.187 e. The van der Waals surface area contributed by atoms with Crippen LogP contribution in [0.4, 0.5) is 0 Å². The molecule has 2 rings (SSSR count). The molecule has 0 saturated heterocycles. The van der Waals surface area contributed by atoms with Gasteiger partial charge < -0.3 is 9.80 Å². The zero-order valence-electron chi connectivity index (χ0n) is 15.7. The van der Waals surface area contributed by atoms with Crippen LogP contribution >= 0.6 is 0 Å². The molecule has 24 heavy (non-hydrogen) atoms. The highest BCUT2D eigenvalue weighted by Gasteiger charge is 2.26. The van der Waals surface area contributed by atoms with Crippen molar-refractivity contribution in [2.75, 3.05) is 27.2 Å². The largest absolute Gasteiger partial charge is 0.383 e. The number of rotatable bonds is 8. The Morgan fingerprint density at radius 1 is 1.21 bits per heavy atom. The summed E-state index contributed by atoms with van der Waals surface area (Å²) in [5, 5.41) is 0. The van der Waals surface area contributed by atoms with Crippen molar-refractivity contribution >= 4 is 5.78 Å². The number of allylic oxidation sites excluding steroid dienone is 1. The standard InChI is InChI=1S/C21H32N2O/c1-5-13-23(14-6-2)18-11-10-17-8-7-9-19(20(17)16-18)21(24)12-15-22(3)4/h7-9,12,15,18H,5-6,10-11,13-14,16H2,1-4H3. The number of nitrogens with zero attached hydrogens (tertiary/aromatic N) is 2. The van der Waals surface area contributed by atoms with Crippen molar-refractivity contribution in [3.8, 4) is 0 Å². The van der Waals surface area contributed by atoms with Crippen LogP contribution in [0.5, 0.6) is 0 Å². The van der Waals surface area contributed by atoms with E-state index in [9.17, 15) is 4.79 Å². The molecule has 1 aromatic rings. The molecular weight excluding hydrogens is 296 g/mol. The molecule has 132 valence electrons. The summed E-state index contributed by atoms with van der Waals surface area (Å²) in [7, 11) is 3.88. The summed E-state index contributed by atoms with van der Waals surface area (Å²) in [5.41, 5.74) is 3.53. The fraction of sp³-hybridized carbons (Fsp3) is 0.571. The van der Waals surface area contributed by atoms with E-state index in [-0.39, 0.29) is 5.78 Å². The average molecular weight is 329 g/mol. The summed E-state index contributed by atoms with van der Waals surface area (Å²) in [6.07, 6.45) is 9.20. The molecular formula is C21H32N2O. The number of carbonyl (C=O) groups excluding carboxylic acids is 1. The lowest BCUT2D eigenvalue weighted by Crippen LogP contribution is -2.40. The second-order valence-electron chi connectivity index (χ2n) is 7.02. The molecule has 1 aromatic carbocycles. The van der Waals surface area contributed by atoms with E-state index in [1.165, 1.54) is 30.4 Å². The first-order chi connectivity index (χ1) is 11.6. The van der Waals surface area contributed by atoms with E-state index in [4.69, 9.17) is 0 Å². The van der Waals surface area contributed by atoms with E-state index >= 15 is 0 Å². The van der Waals surface area contributed by atoms with E-state index < -0.39 is 0 Å². The maximum atomic E-state index is 12.6. The Kier molecular flexibility index (Phi) is 7.04. The predicted octanol–water partition coefficient (Wildman–Crippen LogP) is 3.92. The maximum absolute atomic E-state index is 12.6. The molecule has 3 nitrogen and oxygen atoms in total. The van der Waals surface area contributed by atoms with Gasteiger partial charge in [-0.25, -0.2) is 0 Å². The molecule has 3 heteroatoms. The molecule has 0 N–H and O–H groups in total. The van der Waals surface area contributed by atoms with E-state index in [2.05, 4.69) is 24.8 Å². The fourth-order valence-electron chi connectivity index (χ4n) is 3.67. The van der Waals surface area contributed by atoms with Crippen molar-refractivity contribution in [1.29, 1.82) is 0 Å². The minimum Gasteiger partial charge on any atom is -0.383 e. The minimum atomic E-state index is 0.124. The van der Waals surface area contributed by atoms with Crippen LogP contribution in [0.15, 0.2) is 30.5 Å². The quantitative estimate of drug-likeness (QED) is 0.534.